The molecule has 2 unspecified atom stereocenters. The van der Waals surface area contributed by atoms with Crippen LogP contribution in [0.3, 0.4) is 0 Å². The molecule has 0 bridgehead atoms. The minimum Gasteiger partial charge on any atom is -0.462 e. The molecule has 0 aromatic heterocycles. The third-order valence-corrected chi connectivity index (χ3v) is 16.7. The molecular weight excluding hydrogens is 1100 g/mol. The van der Waals surface area contributed by atoms with Gasteiger partial charge >= 0.3 is 39.5 Å². The standard InChI is InChI=1S/C64H124O17P2/c1-6-9-12-15-18-21-24-27-33-38-43-48-62(67)75-54-60(81-64(69)50-45-40-35-30-29-31-36-41-46-57(4)5)56-79-83(72,73)77-52-58(65)51-76-82(70,71)78-55-59(53-74-61(66)47-42-37-32-26-23-20-17-14-11-8-3)80-63(68)49-44-39-34-28-25-22-19-16-13-10-7-2/h57-60,65H,6-56H2,1-5H3,(H,70,71)(H,72,73)/t58-,59+,60+/m0/s1. The number of esters is 4. The predicted molar refractivity (Wildman–Crippen MR) is 331 cm³/mol. The van der Waals surface area contributed by atoms with Crippen molar-refractivity contribution >= 4 is 39.5 Å². The van der Waals surface area contributed by atoms with Crippen LogP contribution in [0.2, 0.25) is 0 Å². The predicted octanol–water partition coefficient (Wildman–Crippen LogP) is 17.8. The first-order valence-electron chi connectivity index (χ1n) is 33.6. The minimum absolute atomic E-state index is 0.105. The molecule has 0 aromatic carbocycles. The van der Waals surface area contributed by atoms with Crippen LogP contribution in [0, 0.1) is 5.92 Å². The van der Waals surface area contributed by atoms with Crippen LogP contribution in [-0.2, 0) is 65.4 Å². The lowest BCUT2D eigenvalue weighted by Gasteiger charge is -2.21. The van der Waals surface area contributed by atoms with Gasteiger partial charge in [0.1, 0.15) is 19.3 Å². The Kier molecular flexibility index (Phi) is 56.4. The fourth-order valence-corrected chi connectivity index (χ4v) is 11.2. The zero-order chi connectivity index (χ0) is 61.3. The molecule has 17 nitrogen and oxygen atoms in total. The highest BCUT2D eigenvalue weighted by Gasteiger charge is 2.30. The molecule has 3 N–H and O–H groups in total. The van der Waals surface area contributed by atoms with Crippen molar-refractivity contribution in [1.82, 2.24) is 0 Å². The summed E-state index contributed by atoms with van der Waals surface area (Å²) in [6, 6.07) is 0. The van der Waals surface area contributed by atoms with E-state index in [0.717, 1.165) is 95.8 Å². The van der Waals surface area contributed by atoms with Gasteiger partial charge in [0.2, 0.25) is 0 Å². The van der Waals surface area contributed by atoms with E-state index in [0.29, 0.717) is 25.7 Å². The van der Waals surface area contributed by atoms with Gasteiger partial charge in [0.25, 0.3) is 0 Å². The Bertz CT molecular complexity index is 1620. The Hall–Kier alpha value is -1.94. The fourth-order valence-electron chi connectivity index (χ4n) is 9.58. The Labute approximate surface area is 505 Å². The largest absolute Gasteiger partial charge is 0.472 e. The molecule has 492 valence electrons. The van der Waals surface area contributed by atoms with Crippen molar-refractivity contribution in [3.8, 4) is 0 Å². The summed E-state index contributed by atoms with van der Waals surface area (Å²) in [6.07, 6.45) is 41.6. The van der Waals surface area contributed by atoms with E-state index in [9.17, 15) is 43.2 Å². The van der Waals surface area contributed by atoms with Gasteiger partial charge in [-0.2, -0.15) is 0 Å². The highest BCUT2D eigenvalue weighted by atomic mass is 31.2. The van der Waals surface area contributed by atoms with Crippen molar-refractivity contribution in [2.24, 2.45) is 5.92 Å². The van der Waals surface area contributed by atoms with E-state index in [1.54, 1.807) is 0 Å². The van der Waals surface area contributed by atoms with Crippen LogP contribution in [0.5, 0.6) is 0 Å². The maximum atomic E-state index is 13.0. The van der Waals surface area contributed by atoms with Crippen LogP contribution < -0.4 is 0 Å². The van der Waals surface area contributed by atoms with Crippen molar-refractivity contribution in [3.63, 3.8) is 0 Å². The van der Waals surface area contributed by atoms with E-state index in [-0.39, 0.29) is 25.7 Å². The summed E-state index contributed by atoms with van der Waals surface area (Å²) in [7, 11) is -9.88. The summed E-state index contributed by atoms with van der Waals surface area (Å²) >= 11 is 0. The molecule has 0 rings (SSSR count). The average molecular weight is 1230 g/mol. The lowest BCUT2D eigenvalue weighted by Crippen LogP contribution is -2.30. The van der Waals surface area contributed by atoms with Crippen molar-refractivity contribution < 1.29 is 80.2 Å². The molecule has 0 heterocycles. The third kappa shape index (κ3) is 58.8. The summed E-state index contributed by atoms with van der Waals surface area (Å²) < 4.78 is 68.0. The van der Waals surface area contributed by atoms with Gasteiger partial charge < -0.3 is 33.8 Å². The highest BCUT2D eigenvalue weighted by Crippen LogP contribution is 2.45. The van der Waals surface area contributed by atoms with E-state index in [1.165, 1.54) is 148 Å². The zero-order valence-electron chi connectivity index (χ0n) is 53.3. The van der Waals surface area contributed by atoms with Gasteiger partial charge in [0.15, 0.2) is 12.2 Å². The van der Waals surface area contributed by atoms with Gasteiger partial charge in [-0.05, 0) is 31.6 Å². The van der Waals surface area contributed by atoms with E-state index in [2.05, 4.69) is 34.6 Å². The number of aliphatic hydroxyl groups excluding tert-OH is 1. The molecule has 0 saturated carbocycles. The van der Waals surface area contributed by atoms with Crippen molar-refractivity contribution in [2.75, 3.05) is 39.6 Å². The van der Waals surface area contributed by atoms with Gasteiger partial charge in [-0.15, -0.1) is 0 Å². The molecule has 0 amide bonds. The zero-order valence-corrected chi connectivity index (χ0v) is 55.1. The Morgan fingerprint density at radius 3 is 0.819 bits per heavy atom. The normalized spacial score (nSPS) is 14.2. The summed E-state index contributed by atoms with van der Waals surface area (Å²) in [5.41, 5.74) is 0. The highest BCUT2D eigenvalue weighted by molar-refractivity contribution is 7.47. The van der Waals surface area contributed by atoms with E-state index in [4.69, 9.17) is 37.0 Å². The number of carbonyl (C=O) groups excluding carboxylic acids is 4. The van der Waals surface area contributed by atoms with Crippen LogP contribution in [0.4, 0.5) is 0 Å². The van der Waals surface area contributed by atoms with Gasteiger partial charge in [-0.3, -0.25) is 37.3 Å². The summed E-state index contributed by atoms with van der Waals surface area (Å²) in [6.45, 7) is 7.14. The molecule has 0 spiro atoms. The molecule has 0 radical (unpaired) electrons. The first-order valence-corrected chi connectivity index (χ1v) is 36.6. The van der Waals surface area contributed by atoms with E-state index < -0.39 is 97.5 Å². The minimum atomic E-state index is -4.94. The molecule has 5 atom stereocenters. The molecule has 0 aromatic rings. The number of ether oxygens (including phenoxy) is 4. The van der Waals surface area contributed by atoms with Crippen molar-refractivity contribution in [2.45, 2.75) is 342 Å². The summed E-state index contributed by atoms with van der Waals surface area (Å²) in [4.78, 5) is 72.2. The van der Waals surface area contributed by atoms with Crippen LogP contribution in [0.25, 0.3) is 0 Å². The molecule has 0 aliphatic carbocycles. The van der Waals surface area contributed by atoms with E-state index in [1.807, 2.05) is 0 Å². The quantitative estimate of drug-likeness (QED) is 0.0222. The molecule has 0 fully saturated rings. The first kappa shape index (κ1) is 81.1. The maximum absolute atomic E-state index is 13.0. The van der Waals surface area contributed by atoms with Crippen LogP contribution >= 0.6 is 15.6 Å². The topological polar surface area (TPSA) is 237 Å². The fraction of sp³-hybridized carbons (Fsp3) is 0.938. The van der Waals surface area contributed by atoms with Gasteiger partial charge in [-0.25, -0.2) is 9.13 Å². The number of phosphoric ester groups is 2. The van der Waals surface area contributed by atoms with Crippen LogP contribution in [0.1, 0.15) is 324 Å². The lowest BCUT2D eigenvalue weighted by molar-refractivity contribution is -0.161. The number of hydrogen-bond donors (Lipinski definition) is 3. The molecule has 0 saturated heterocycles. The Morgan fingerprint density at radius 1 is 0.325 bits per heavy atom. The second-order valence-corrected chi connectivity index (χ2v) is 26.5. The second kappa shape index (κ2) is 57.8. The smallest absolute Gasteiger partial charge is 0.462 e. The molecule has 0 aliphatic heterocycles. The van der Waals surface area contributed by atoms with E-state index >= 15 is 0 Å². The Morgan fingerprint density at radius 2 is 0.554 bits per heavy atom. The molecule has 19 heteroatoms. The van der Waals surface area contributed by atoms with Crippen LogP contribution in [0.15, 0.2) is 0 Å². The van der Waals surface area contributed by atoms with Gasteiger partial charge in [0.05, 0.1) is 26.4 Å². The second-order valence-electron chi connectivity index (χ2n) is 23.6. The maximum Gasteiger partial charge on any atom is 0.472 e. The monoisotopic (exact) mass is 1230 g/mol. The molecule has 0 aliphatic rings. The number of unbranched alkanes of at least 4 members (excludes halogenated alkanes) is 36. The lowest BCUT2D eigenvalue weighted by atomic mass is 10.0. The number of rotatable bonds is 64. The van der Waals surface area contributed by atoms with Crippen molar-refractivity contribution in [3.05, 3.63) is 0 Å². The number of carbonyl (C=O) groups is 4. The van der Waals surface area contributed by atoms with Crippen molar-refractivity contribution in [1.29, 1.82) is 0 Å². The Balaban J connectivity index is 5.24. The van der Waals surface area contributed by atoms with Crippen LogP contribution in [-0.4, -0.2) is 96.7 Å². The molecule has 83 heavy (non-hydrogen) atoms. The number of phosphoric acid groups is 2. The number of hydrogen-bond acceptors (Lipinski definition) is 15. The average Bonchev–Trinajstić information content (AvgIpc) is 3.46. The molecular formula is C64H124O17P2. The first-order chi connectivity index (χ1) is 40.0. The summed E-state index contributed by atoms with van der Waals surface area (Å²) in [5, 5.41) is 10.5. The van der Waals surface area contributed by atoms with Gasteiger partial charge in [-0.1, -0.05) is 272 Å². The summed E-state index contributed by atoms with van der Waals surface area (Å²) in [5.74, 6) is -1.41. The SMILES string of the molecule is CCCCCCCCCCCCCC(=O)OC[C@H](COP(=O)(O)OC[C@@H](O)COP(=O)(O)OC[C@@H](COC(=O)CCCCCCCCCCCC)OC(=O)CCCCCCCCCCCCC)OC(=O)CCCCCCCCCCC(C)C. The third-order valence-electron chi connectivity index (χ3n) is 14.8. The van der Waals surface area contributed by atoms with Gasteiger partial charge in [0, 0.05) is 25.7 Å². The number of aliphatic hydroxyl groups is 1.